The Morgan fingerprint density at radius 1 is 1.41 bits per heavy atom. The first-order chi connectivity index (χ1) is 8.13. The molecule has 17 heavy (non-hydrogen) atoms. The quantitative estimate of drug-likeness (QED) is 0.816. The first-order valence-corrected chi connectivity index (χ1v) is 5.60. The Bertz CT molecular complexity index is 365. The van der Waals surface area contributed by atoms with Gasteiger partial charge in [0.25, 0.3) is 5.91 Å². The fourth-order valence-electron chi connectivity index (χ4n) is 1.47. The first kappa shape index (κ1) is 13.5. The molecule has 0 aliphatic rings. The summed E-state index contributed by atoms with van der Waals surface area (Å²) >= 11 is 0. The maximum atomic E-state index is 11.5. The number of carbonyl (C=O) groups excluding carboxylic acids is 1. The molecule has 0 saturated heterocycles. The van der Waals surface area contributed by atoms with Crippen LogP contribution < -0.4 is 10.1 Å². The number of rotatable bonds is 6. The molecule has 0 spiro atoms. The second kappa shape index (κ2) is 6.91. The van der Waals surface area contributed by atoms with Crippen molar-refractivity contribution < 1.29 is 14.3 Å². The SMILES string of the molecule is COCC(C)NC(=O)COc1ccccc1C. The van der Waals surface area contributed by atoms with E-state index in [-0.39, 0.29) is 18.6 Å². The van der Waals surface area contributed by atoms with Gasteiger partial charge in [0.15, 0.2) is 6.61 Å². The average molecular weight is 237 g/mol. The third kappa shape index (κ3) is 4.87. The Labute approximate surface area is 102 Å². The molecule has 0 radical (unpaired) electrons. The lowest BCUT2D eigenvalue weighted by molar-refractivity contribution is -0.124. The largest absolute Gasteiger partial charge is 0.484 e. The number of hydrogen-bond acceptors (Lipinski definition) is 3. The van der Waals surface area contributed by atoms with Gasteiger partial charge in [-0.3, -0.25) is 4.79 Å². The van der Waals surface area contributed by atoms with Crippen LogP contribution >= 0.6 is 0 Å². The van der Waals surface area contributed by atoms with Gasteiger partial charge in [0.05, 0.1) is 6.61 Å². The molecule has 0 aromatic heterocycles. The highest BCUT2D eigenvalue weighted by atomic mass is 16.5. The van der Waals surface area contributed by atoms with Crippen LogP contribution in [0.4, 0.5) is 0 Å². The highest BCUT2D eigenvalue weighted by molar-refractivity contribution is 5.77. The van der Waals surface area contributed by atoms with Crippen molar-refractivity contribution in [3.8, 4) is 5.75 Å². The van der Waals surface area contributed by atoms with Gasteiger partial charge in [0.1, 0.15) is 5.75 Å². The monoisotopic (exact) mass is 237 g/mol. The number of nitrogens with one attached hydrogen (secondary N) is 1. The van der Waals surface area contributed by atoms with Crippen LogP contribution in [-0.4, -0.2) is 32.3 Å². The van der Waals surface area contributed by atoms with E-state index in [0.29, 0.717) is 6.61 Å². The van der Waals surface area contributed by atoms with Crippen LogP contribution in [0, 0.1) is 6.92 Å². The first-order valence-electron chi connectivity index (χ1n) is 5.60. The molecule has 0 bridgehead atoms. The fraction of sp³-hybridized carbons (Fsp3) is 0.462. The van der Waals surface area contributed by atoms with Crippen LogP contribution in [0.1, 0.15) is 12.5 Å². The van der Waals surface area contributed by atoms with Gasteiger partial charge in [0.2, 0.25) is 0 Å². The number of methoxy groups -OCH3 is 1. The molecule has 4 heteroatoms. The summed E-state index contributed by atoms with van der Waals surface area (Å²) in [7, 11) is 1.60. The number of aryl methyl sites for hydroxylation is 1. The Balaban J connectivity index is 2.36. The van der Waals surface area contributed by atoms with Gasteiger partial charge in [0, 0.05) is 13.2 Å². The van der Waals surface area contributed by atoms with E-state index < -0.39 is 0 Å². The Morgan fingerprint density at radius 3 is 2.76 bits per heavy atom. The Morgan fingerprint density at radius 2 is 2.12 bits per heavy atom. The van der Waals surface area contributed by atoms with Gasteiger partial charge >= 0.3 is 0 Å². The van der Waals surface area contributed by atoms with Crippen LogP contribution in [0.3, 0.4) is 0 Å². The van der Waals surface area contributed by atoms with E-state index in [4.69, 9.17) is 9.47 Å². The summed E-state index contributed by atoms with van der Waals surface area (Å²) in [6.45, 7) is 4.35. The molecule has 1 aromatic carbocycles. The summed E-state index contributed by atoms with van der Waals surface area (Å²) in [6, 6.07) is 7.60. The maximum absolute atomic E-state index is 11.5. The second-order valence-electron chi connectivity index (χ2n) is 3.98. The van der Waals surface area contributed by atoms with Gasteiger partial charge in [-0.15, -0.1) is 0 Å². The highest BCUT2D eigenvalue weighted by Gasteiger charge is 2.08. The van der Waals surface area contributed by atoms with Crippen molar-refractivity contribution in [3.05, 3.63) is 29.8 Å². The molecular formula is C13H19NO3. The van der Waals surface area contributed by atoms with Gasteiger partial charge in [-0.25, -0.2) is 0 Å². The summed E-state index contributed by atoms with van der Waals surface area (Å²) in [5.41, 5.74) is 1.02. The van der Waals surface area contributed by atoms with Crippen LogP contribution in [0.15, 0.2) is 24.3 Å². The predicted molar refractivity (Wildman–Crippen MR) is 66.2 cm³/mol. The summed E-state index contributed by atoms with van der Waals surface area (Å²) in [6.07, 6.45) is 0. The van der Waals surface area contributed by atoms with Gasteiger partial charge in [-0.2, -0.15) is 0 Å². The standard InChI is InChI=1S/C13H19NO3/c1-10-6-4-5-7-12(10)17-9-13(15)14-11(2)8-16-3/h4-7,11H,8-9H2,1-3H3,(H,14,15). The molecule has 1 N–H and O–H groups in total. The normalized spacial score (nSPS) is 11.9. The molecule has 0 aliphatic heterocycles. The number of hydrogen-bond donors (Lipinski definition) is 1. The minimum Gasteiger partial charge on any atom is -0.484 e. The van der Waals surface area contributed by atoms with Crippen molar-refractivity contribution in [2.45, 2.75) is 19.9 Å². The fourth-order valence-corrected chi connectivity index (χ4v) is 1.47. The van der Waals surface area contributed by atoms with Gasteiger partial charge in [-0.05, 0) is 25.5 Å². The van der Waals surface area contributed by atoms with E-state index in [2.05, 4.69) is 5.32 Å². The van der Waals surface area contributed by atoms with E-state index >= 15 is 0 Å². The molecule has 1 unspecified atom stereocenters. The van der Waals surface area contributed by atoms with Crippen LogP contribution in [0.5, 0.6) is 5.75 Å². The zero-order valence-electron chi connectivity index (χ0n) is 10.5. The third-order valence-corrected chi connectivity index (χ3v) is 2.28. The Hall–Kier alpha value is -1.55. The van der Waals surface area contributed by atoms with Crippen molar-refractivity contribution >= 4 is 5.91 Å². The zero-order chi connectivity index (χ0) is 12.7. The molecule has 1 rings (SSSR count). The number of carbonyl (C=O) groups is 1. The predicted octanol–water partition coefficient (Wildman–Crippen LogP) is 1.52. The van der Waals surface area contributed by atoms with Crippen LogP contribution in [0.2, 0.25) is 0 Å². The molecule has 0 saturated carbocycles. The topological polar surface area (TPSA) is 47.6 Å². The lowest BCUT2D eigenvalue weighted by Gasteiger charge is -2.13. The summed E-state index contributed by atoms with van der Waals surface area (Å²) in [5.74, 6) is 0.597. The van der Waals surface area contributed by atoms with E-state index in [0.717, 1.165) is 11.3 Å². The van der Waals surface area contributed by atoms with E-state index in [1.807, 2.05) is 38.1 Å². The van der Waals surface area contributed by atoms with E-state index in [9.17, 15) is 4.79 Å². The van der Waals surface area contributed by atoms with Crippen molar-refractivity contribution in [2.24, 2.45) is 0 Å². The van der Waals surface area contributed by atoms with Crippen LogP contribution in [0.25, 0.3) is 0 Å². The molecule has 4 nitrogen and oxygen atoms in total. The lowest BCUT2D eigenvalue weighted by Crippen LogP contribution is -2.38. The summed E-state index contributed by atoms with van der Waals surface area (Å²) in [4.78, 5) is 11.5. The summed E-state index contributed by atoms with van der Waals surface area (Å²) < 4.78 is 10.4. The van der Waals surface area contributed by atoms with Crippen LogP contribution in [-0.2, 0) is 9.53 Å². The number of benzene rings is 1. The highest BCUT2D eigenvalue weighted by Crippen LogP contribution is 2.15. The minimum atomic E-state index is -0.141. The van der Waals surface area contributed by atoms with Gasteiger partial charge in [-0.1, -0.05) is 18.2 Å². The van der Waals surface area contributed by atoms with Crippen molar-refractivity contribution in [1.29, 1.82) is 0 Å². The second-order valence-corrected chi connectivity index (χ2v) is 3.98. The third-order valence-electron chi connectivity index (χ3n) is 2.28. The van der Waals surface area contributed by atoms with E-state index in [1.165, 1.54) is 0 Å². The van der Waals surface area contributed by atoms with Gasteiger partial charge < -0.3 is 14.8 Å². The molecule has 1 atom stereocenters. The number of para-hydroxylation sites is 1. The van der Waals surface area contributed by atoms with Crippen molar-refractivity contribution in [2.75, 3.05) is 20.3 Å². The number of ether oxygens (including phenoxy) is 2. The zero-order valence-corrected chi connectivity index (χ0v) is 10.5. The van der Waals surface area contributed by atoms with Crippen molar-refractivity contribution in [1.82, 2.24) is 5.32 Å². The molecule has 0 heterocycles. The minimum absolute atomic E-state index is 0.00651. The molecule has 0 fully saturated rings. The average Bonchev–Trinajstić information content (AvgIpc) is 2.28. The molecule has 0 aliphatic carbocycles. The van der Waals surface area contributed by atoms with E-state index in [1.54, 1.807) is 7.11 Å². The molecular weight excluding hydrogens is 218 g/mol. The summed E-state index contributed by atoms with van der Waals surface area (Å²) in [5, 5.41) is 2.78. The maximum Gasteiger partial charge on any atom is 0.258 e. The molecule has 94 valence electrons. The number of amides is 1. The lowest BCUT2D eigenvalue weighted by atomic mass is 10.2. The molecule has 1 aromatic rings. The molecule has 1 amide bonds. The smallest absolute Gasteiger partial charge is 0.258 e. The Kier molecular flexibility index (Phi) is 5.49. The van der Waals surface area contributed by atoms with Crippen molar-refractivity contribution in [3.63, 3.8) is 0 Å².